The van der Waals surface area contributed by atoms with Crippen LogP contribution in [0.4, 0.5) is 0 Å². The number of hydrogen-bond acceptors (Lipinski definition) is 3. The Morgan fingerprint density at radius 2 is 2.06 bits per heavy atom. The van der Waals surface area contributed by atoms with Crippen LogP contribution in [-0.2, 0) is 4.79 Å². The predicted molar refractivity (Wildman–Crippen MR) is 75.3 cm³/mol. The highest BCUT2D eigenvalue weighted by Crippen LogP contribution is 2.05. The second-order valence-electron chi connectivity index (χ2n) is 4.18. The van der Waals surface area contributed by atoms with Crippen LogP contribution in [0.25, 0.3) is 0 Å². The summed E-state index contributed by atoms with van der Waals surface area (Å²) in [5, 5.41) is 2.97. The molecule has 16 heavy (non-hydrogen) atoms. The molecule has 0 aromatic heterocycles. The molecule has 5 heteroatoms. The molecule has 0 aliphatic rings. The molecule has 0 saturated carbocycles. The van der Waals surface area contributed by atoms with Crippen LogP contribution in [0.15, 0.2) is 0 Å². The first-order valence-corrected chi connectivity index (χ1v) is 6.82. The third-order valence-electron chi connectivity index (χ3n) is 1.99. The van der Waals surface area contributed by atoms with Crippen LogP contribution in [0.5, 0.6) is 0 Å². The minimum Gasteiger partial charge on any atom is -0.351 e. The molecule has 1 atom stereocenters. The normalized spacial score (nSPS) is 12.1. The molecule has 0 aromatic rings. The average Bonchev–Trinajstić information content (AvgIpc) is 2.16. The first kappa shape index (κ1) is 18.4. The number of nitrogens with one attached hydrogen (secondary N) is 1. The SMILES string of the molecule is CCCSCC(=O)NC(CN)CC(C)C.Cl. The minimum atomic E-state index is 0. The van der Waals surface area contributed by atoms with Gasteiger partial charge >= 0.3 is 0 Å². The van der Waals surface area contributed by atoms with Gasteiger partial charge in [-0.2, -0.15) is 11.8 Å². The molecule has 0 aliphatic heterocycles. The molecular formula is C11H25ClN2OS. The van der Waals surface area contributed by atoms with Crippen LogP contribution in [0.1, 0.15) is 33.6 Å². The molecule has 0 aliphatic carbocycles. The fraction of sp³-hybridized carbons (Fsp3) is 0.909. The van der Waals surface area contributed by atoms with E-state index in [1.54, 1.807) is 11.8 Å². The van der Waals surface area contributed by atoms with E-state index in [1.807, 2.05) is 0 Å². The lowest BCUT2D eigenvalue weighted by Crippen LogP contribution is -2.41. The number of amides is 1. The Balaban J connectivity index is 0. The number of thioether (sulfide) groups is 1. The highest BCUT2D eigenvalue weighted by molar-refractivity contribution is 7.99. The summed E-state index contributed by atoms with van der Waals surface area (Å²) < 4.78 is 0. The van der Waals surface area contributed by atoms with E-state index in [0.29, 0.717) is 18.2 Å². The fourth-order valence-corrected chi connectivity index (χ4v) is 2.06. The van der Waals surface area contributed by atoms with Crippen molar-refractivity contribution in [3.63, 3.8) is 0 Å². The van der Waals surface area contributed by atoms with Gasteiger partial charge in [-0.1, -0.05) is 20.8 Å². The summed E-state index contributed by atoms with van der Waals surface area (Å²) >= 11 is 1.68. The Bertz CT molecular complexity index is 179. The number of carbonyl (C=O) groups excluding carboxylic acids is 1. The van der Waals surface area contributed by atoms with Gasteiger partial charge in [0, 0.05) is 12.6 Å². The van der Waals surface area contributed by atoms with Crippen molar-refractivity contribution in [1.82, 2.24) is 5.32 Å². The average molecular weight is 269 g/mol. The van der Waals surface area contributed by atoms with E-state index in [2.05, 4.69) is 26.1 Å². The highest BCUT2D eigenvalue weighted by atomic mass is 35.5. The molecule has 0 aromatic carbocycles. The van der Waals surface area contributed by atoms with Gasteiger partial charge in [0.2, 0.25) is 5.91 Å². The van der Waals surface area contributed by atoms with E-state index in [9.17, 15) is 4.79 Å². The molecule has 3 nitrogen and oxygen atoms in total. The Morgan fingerprint density at radius 3 is 2.50 bits per heavy atom. The van der Waals surface area contributed by atoms with Gasteiger partial charge in [0.05, 0.1) is 5.75 Å². The van der Waals surface area contributed by atoms with E-state index in [-0.39, 0.29) is 24.4 Å². The van der Waals surface area contributed by atoms with Gasteiger partial charge in [0.1, 0.15) is 0 Å². The third kappa shape index (κ3) is 10.6. The van der Waals surface area contributed by atoms with Crippen molar-refractivity contribution in [2.45, 2.75) is 39.7 Å². The summed E-state index contributed by atoms with van der Waals surface area (Å²) in [6, 6.07) is 0.139. The largest absolute Gasteiger partial charge is 0.351 e. The maximum Gasteiger partial charge on any atom is 0.230 e. The lowest BCUT2D eigenvalue weighted by molar-refractivity contribution is -0.119. The van der Waals surface area contributed by atoms with Crippen molar-refractivity contribution in [3.05, 3.63) is 0 Å². The lowest BCUT2D eigenvalue weighted by atomic mass is 10.0. The van der Waals surface area contributed by atoms with Gasteiger partial charge in [-0.25, -0.2) is 0 Å². The molecule has 0 saturated heterocycles. The smallest absolute Gasteiger partial charge is 0.230 e. The first-order valence-electron chi connectivity index (χ1n) is 5.67. The Kier molecular flexibility index (Phi) is 13.3. The van der Waals surface area contributed by atoms with E-state index in [0.717, 1.165) is 18.6 Å². The van der Waals surface area contributed by atoms with Crippen LogP contribution in [-0.4, -0.2) is 30.0 Å². The molecular weight excluding hydrogens is 244 g/mol. The molecule has 0 fully saturated rings. The topological polar surface area (TPSA) is 55.1 Å². The van der Waals surface area contributed by atoms with E-state index < -0.39 is 0 Å². The molecule has 0 bridgehead atoms. The maximum absolute atomic E-state index is 11.5. The standard InChI is InChI=1S/C11H24N2OS.ClH/c1-4-5-15-8-11(14)13-10(7-12)6-9(2)3;/h9-10H,4-8,12H2,1-3H3,(H,13,14);1H. The van der Waals surface area contributed by atoms with Crippen LogP contribution in [0.3, 0.4) is 0 Å². The summed E-state index contributed by atoms with van der Waals surface area (Å²) in [5.74, 6) is 2.29. The molecule has 98 valence electrons. The van der Waals surface area contributed by atoms with Crippen LogP contribution < -0.4 is 11.1 Å². The monoisotopic (exact) mass is 268 g/mol. The van der Waals surface area contributed by atoms with Crippen molar-refractivity contribution in [3.8, 4) is 0 Å². The number of halogens is 1. The summed E-state index contributed by atoms with van der Waals surface area (Å²) in [6.07, 6.45) is 2.07. The summed E-state index contributed by atoms with van der Waals surface area (Å²) in [7, 11) is 0. The number of hydrogen-bond donors (Lipinski definition) is 2. The van der Waals surface area contributed by atoms with Gasteiger partial charge < -0.3 is 11.1 Å². The molecule has 0 rings (SSSR count). The van der Waals surface area contributed by atoms with Crippen molar-refractivity contribution >= 4 is 30.1 Å². The third-order valence-corrected chi connectivity index (χ3v) is 3.15. The minimum absolute atomic E-state index is 0. The van der Waals surface area contributed by atoms with Gasteiger partial charge in [0.15, 0.2) is 0 Å². The summed E-state index contributed by atoms with van der Waals surface area (Å²) in [4.78, 5) is 11.5. The van der Waals surface area contributed by atoms with Gasteiger partial charge in [-0.3, -0.25) is 4.79 Å². The zero-order chi connectivity index (χ0) is 11.7. The van der Waals surface area contributed by atoms with Crippen LogP contribution in [0, 0.1) is 5.92 Å². The first-order chi connectivity index (χ1) is 7.10. The second-order valence-corrected chi connectivity index (χ2v) is 5.29. The van der Waals surface area contributed by atoms with Crippen molar-refractivity contribution < 1.29 is 4.79 Å². The molecule has 1 unspecified atom stereocenters. The Morgan fingerprint density at radius 1 is 1.44 bits per heavy atom. The lowest BCUT2D eigenvalue weighted by Gasteiger charge is -2.18. The molecule has 1 amide bonds. The molecule has 0 heterocycles. The Labute approximate surface area is 110 Å². The van der Waals surface area contributed by atoms with Crippen molar-refractivity contribution in [2.24, 2.45) is 11.7 Å². The van der Waals surface area contributed by atoms with Crippen molar-refractivity contribution in [1.29, 1.82) is 0 Å². The molecule has 0 spiro atoms. The van der Waals surface area contributed by atoms with Crippen LogP contribution in [0.2, 0.25) is 0 Å². The quantitative estimate of drug-likeness (QED) is 0.663. The Hall–Kier alpha value is 0.0700. The number of rotatable bonds is 8. The highest BCUT2D eigenvalue weighted by Gasteiger charge is 2.11. The predicted octanol–water partition coefficient (Wildman–Crippen LogP) is 2.04. The fourth-order valence-electron chi connectivity index (χ4n) is 1.36. The number of nitrogens with two attached hydrogens (primary N) is 1. The van der Waals surface area contributed by atoms with Gasteiger partial charge in [-0.15, -0.1) is 12.4 Å². The van der Waals surface area contributed by atoms with E-state index in [4.69, 9.17) is 5.73 Å². The van der Waals surface area contributed by atoms with Gasteiger partial charge in [-0.05, 0) is 24.5 Å². The second kappa shape index (κ2) is 11.6. The maximum atomic E-state index is 11.5. The van der Waals surface area contributed by atoms with Crippen molar-refractivity contribution in [2.75, 3.05) is 18.1 Å². The van der Waals surface area contributed by atoms with E-state index >= 15 is 0 Å². The van der Waals surface area contributed by atoms with E-state index in [1.165, 1.54) is 0 Å². The number of carbonyl (C=O) groups is 1. The van der Waals surface area contributed by atoms with Crippen LogP contribution >= 0.6 is 24.2 Å². The molecule has 3 N–H and O–H groups in total. The van der Waals surface area contributed by atoms with Gasteiger partial charge in [0.25, 0.3) is 0 Å². The zero-order valence-electron chi connectivity index (χ0n) is 10.5. The zero-order valence-corrected chi connectivity index (χ0v) is 12.1. The molecule has 0 radical (unpaired) electrons. The summed E-state index contributed by atoms with van der Waals surface area (Å²) in [6.45, 7) is 6.93. The summed E-state index contributed by atoms with van der Waals surface area (Å²) in [5.41, 5.74) is 5.60.